The van der Waals surface area contributed by atoms with Crippen molar-refractivity contribution in [3.8, 4) is 0 Å². The Balaban J connectivity index is 2.92. The molecule has 0 aliphatic heterocycles. The van der Waals surface area contributed by atoms with Crippen LogP contribution in [0.15, 0.2) is 0 Å². The average Bonchev–Trinajstić information content (AvgIpc) is 2.26. The summed E-state index contributed by atoms with van der Waals surface area (Å²) in [6.45, 7) is 2.24. The van der Waals surface area contributed by atoms with Crippen molar-refractivity contribution in [3.63, 3.8) is 0 Å². The number of thiol groups is 1. The maximum atomic E-state index is 12.7. The molecule has 0 heterocycles. The van der Waals surface area contributed by atoms with Crippen molar-refractivity contribution in [2.24, 2.45) is 0 Å². The number of hydrogen-bond donors (Lipinski definition) is 1. The number of halogens is 1. The maximum Gasteiger partial charge on any atom is 0.154 e. The van der Waals surface area contributed by atoms with E-state index in [-0.39, 0.29) is 0 Å². The van der Waals surface area contributed by atoms with Gasteiger partial charge in [-0.05, 0) is 12.2 Å². The van der Waals surface area contributed by atoms with Crippen LogP contribution in [0.2, 0.25) is 0 Å². The van der Waals surface area contributed by atoms with Crippen molar-refractivity contribution in [3.05, 3.63) is 0 Å². The lowest BCUT2D eigenvalue weighted by molar-refractivity contribution is 0.489. The van der Waals surface area contributed by atoms with Crippen molar-refractivity contribution < 1.29 is 4.39 Å². The Labute approximate surface area is 104 Å². The van der Waals surface area contributed by atoms with Gasteiger partial charge in [-0.2, -0.15) is 12.6 Å². The first-order valence-electron chi connectivity index (χ1n) is 6.17. The van der Waals surface area contributed by atoms with Crippen LogP contribution in [0.3, 0.4) is 0 Å². The van der Waals surface area contributed by atoms with Gasteiger partial charge in [-0.1, -0.05) is 51.9 Å². The minimum atomic E-state index is -0.766. The molecule has 15 heavy (non-hydrogen) atoms. The SMILES string of the molecule is CCCCCCCCCCSC(F)CS. The zero-order chi connectivity index (χ0) is 11.4. The third-order valence-corrected chi connectivity index (χ3v) is 4.06. The van der Waals surface area contributed by atoms with Crippen molar-refractivity contribution in [2.75, 3.05) is 11.5 Å². The molecule has 0 saturated carbocycles. The molecule has 0 aliphatic rings. The van der Waals surface area contributed by atoms with Gasteiger partial charge in [0.2, 0.25) is 0 Å². The number of rotatable bonds is 11. The first-order valence-corrected chi connectivity index (χ1v) is 7.86. The van der Waals surface area contributed by atoms with Crippen LogP contribution in [0.25, 0.3) is 0 Å². The fourth-order valence-corrected chi connectivity index (χ4v) is 2.55. The van der Waals surface area contributed by atoms with E-state index in [4.69, 9.17) is 0 Å². The summed E-state index contributed by atoms with van der Waals surface area (Å²) in [5.74, 6) is 1.30. The summed E-state index contributed by atoms with van der Waals surface area (Å²) in [6.07, 6.45) is 10.6. The van der Waals surface area contributed by atoms with Gasteiger partial charge in [0.1, 0.15) is 0 Å². The summed E-state index contributed by atoms with van der Waals surface area (Å²) in [4.78, 5) is 0. The first-order chi connectivity index (χ1) is 7.31. The molecule has 0 spiro atoms. The molecule has 0 saturated heterocycles. The van der Waals surface area contributed by atoms with Crippen LogP contribution in [0.1, 0.15) is 58.3 Å². The molecule has 92 valence electrons. The lowest BCUT2D eigenvalue weighted by Crippen LogP contribution is -1.96. The second kappa shape index (κ2) is 12.7. The van der Waals surface area contributed by atoms with Crippen LogP contribution in [-0.4, -0.2) is 17.0 Å². The Hall–Kier alpha value is 0.630. The highest BCUT2D eigenvalue weighted by atomic mass is 32.2. The molecule has 1 atom stereocenters. The number of unbranched alkanes of at least 4 members (excludes halogenated alkanes) is 7. The van der Waals surface area contributed by atoms with Gasteiger partial charge < -0.3 is 0 Å². The molecular weight excluding hydrogens is 227 g/mol. The van der Waals surface area contributed by atoms with E-state index >= 15 is 0 Å². The van der Waals surface area contributed by atoms with E-state index in [1.54, 1.807) is 0 Å². The van der Waals surface area contributed by atoms with E-state index in [0.29, 0.717) is 5.75 Å². The average molecular weight is 252 g/mol. The zero-order valence-corrected chi connectivity index (χ0v) is 11.6. The molecule has 0 amide bonds. The second-order valence-electron chi connectivity index (χ2n) is 3.94. The van der Waals surface area contributed by atoms with E-state index in [9.17, 15) is 4.39 Å². The summed E-state index contributed by atoms with van der Waals surface area (Å²) in [5, 5.41) is 0. The van der Waals surface area contributed by atoms with E-state index in [1.165, 1.54) is 56.7 Å². The molecular formula is C12H25FS2. The highest BCUT2D eigenvalue weighted by Crippen LogP contribution is 2.16. The van der Waals surface area contributed by atoms with Crippen molar-refractivity contribution in [1.29, 1.82) is 0 Å². The van der Waals surface area contributed by atoms with Gasteiger partial charge in [-0.25, -0.2) is 4.39 Å². The predicted molar refractivity (Wildman–Crippen MR) is 73.8 cm³/mol. The van der Waals surface area contributed by atoms with Gasteiger partial charge in [0.15, 0.2) is 5.50 Å². The lowest BCUT2D eigenvalue weighted by Gasteiger charge is -2.04. The molecule has 0 nitrogen and oxygen atoms in total. The molecule has 0 aliphatic carbocycles. The molecule has 1 unspecified atom stereocenters. The minimum Gasteiger partial charge on any atom is -0.235 e. The fraction of sp³-hybridized carbons (Fsp3) is 1.00. The van der Waals surface area contributed by atoms with E-state index in [0.717, 1.165) is 12.2 Å². The molecule has 3 heteroatoms. The van der Waals surface area contributed by atoms with Crippen molar-refractivity contribution >= 4 is 24.4 Å². The molecule has 0 N–H and O–H groups in total. The molecule has 0 bridgehead atoms. The predicted octanol–water partition coefficient (Wildman–Crippen LogP) is 5.09. The fourth-order valence-electron chi connectivity index (χ4n) is 1.50. The Morgan fingerprint density at radius 2 is 1.53 bits per heavy atom. The van der Waals surface area contributed by atoms with Gasteiger partial charge in [-0.15, -0.1) is 11.8 Å². The largest absolute Gasteiger partial charge is 0.235 e. The number of hydrogen-bond acceptors (Lipinski definition) is 2. The molecule has 0 aromatic heterocycles. The summed E-state index contributed by atoms with van der Waals surface area (Å²) in [5.41, 5.74) is -0.766. The molecule has 0 aromatic carbocycles. The van der Waals surface area contributed by atoms with Gasteiger partial charge >= 0.3 is 0 Å². The normalized spacial score (nSPS) is 13.0. The molecule has 0 radical (unpaired) electrons. The summed E-state index contributed by atoms with van der Waals surface area (Å²) in [7, 11) is 0. The first kappa shape index (κ1) is 15.6. The van der Waals surface area contributed by atoms with E-state index in [2.05, 4.69) is 19.6 Å². The van der Waals surface area contributed by atoms with Gasteiger partial charge in [0, 0.05) is 5.75 Å². The third kappa shape index (κ3) is 12.6. The van der Waals surface area contributed by atoms with Crippen LogP contribution < -0.4 is 0 Å². The standard InChI is InChI=1S/C12H25FS2/c1-2-3-4-5-6-7-8-9-10-15-12(13)11-14/h12,14H,2-11H2,1H3. The maximum absolute atomic E-state index is 12.7. The molecule has 0 fully saturated rings. The van der Waals surface area contributed by atoms with Crippen LogP contribution >= 0.6 is 24.4 Å². The van der Waals surface area contributed by atoms with Crippen LogP contribution in [0.4, 0.5) is 4.39 Å². The highest BCUT2D eigenvalue weighted by Gasteiger charge is 2.02. The molecule has 0 rings (SSSR count). The van der Waals surface area contributed by atoms with Gasteiger partial charge in [0.05, 0.1) is 0 Å². The number of alkyl halides is 1. The minimum absolute atomic E-state index is 0.349. The van der Waals surface area contributed by atoms with E-state index < -0.39 is 5.50 Å². The van der Waals surface area contributed by atoms with Crippen molar-refractivity contribution in [2.45, 2.75) is 63.8 Å². The zero-order valence-electron chi connectivity index (χ0n) is 9.88. The molecule has 0 aromatic rings. The Kier molecular flexibility index (Phi) is 13.2. The third-order valence-electron chi connectivity index (χ3n) is 2.44. The summed E-state index contributed by atoms with van der Waals surface area (Å²) < 4.78 is 12.7. The Bertz CT molecular complexity index is 120. The summed E-state index contributed by atoms with van der Waals surface area (Å²) >= 11 is 5.32. The Morgan fingerprint density at radius 1 is 1.00 bits per heavy atom. The second-order valence-corrected chi connectivity index (χ2v) is 5.56. The Morgan fingerprint density at radius 3 is 2.07 bits per heavy atom. The lowest BCUT2D eigenvalue weighted by atomic mass is 10.1. The topological polar surface area (TPSA) is 0 Å². The van der Waals surface area contributed by atoms with Gasteiger partial charge in [0.25, 0.3) is 0 Å². The quantitative estimate of drug-likeness (QED) is 0.395. The smallest absolute Gasteiger partial charge is 0.154 e. The van der Waals surface area contributed by atoms with Crippen LogP contribution in [-0.2, 0) is 0 Å². The number of thioether (sulfide) groups is 1. The van der Waals surface area contributed by atoms with Crippen molar-refractivity contribution in [1.82, 2.24) is 0 Å². The van der Waals surface area contributed by atoms with Gasteiger partial charge in [-0.3, -0.25) is 0 Å². The monoisotopic (exact) mass is 252 g/mol. The highest BCUT2D eigenvalue weighted by molar-refractivity contribution is 8.00. The summed E-state index contributed by atoms with van der Waals surface area (Å²) in [6, 6.07) is 0. The van der Waals surface area contributed by atoms with Crippen LogP contribution in [0.5, 0.6) is 0 Å². The van der Waals surface area contributed by atoms with E-state index in [1.807, 2.05) is 0 Å². The van der Waals surface area contributed by atoms with Crippen LogP contribution in [0, 0.1) is 0 Å².